The van der Waals surface area contributed by atoms with Crippen LogP contribution < -0.4 is 5.73 Å². The van der Waals surface area contributed by atoms with Gasteiger partial charge in [0.2, 0.25) is 0 Å². The third-order valence-corrected chi connectivity index (χ3v) is 4.17. The number of likely N-dealkylation sites (tertiary alicyclic amines) is 1. The largest absolute Gasteiger partial charge is 0.329 e. The quantitative estimate of drug-likeness (QED) is 0.925. The zero-order valence-electron chi connectivity index (χ0n) is 10.8. The van der Waals surface area contributed by atoms with E-state index < -0.39 is 0 Å². The lowest BCUT2D eigenvalue weighted by Gasteiger charge is -2.39. The van der Waals surface area contributed by atoms with Crippen molar-refractivity contribution in [2.24, 2.45) is 11.7 Å². The zero-order chi connectivity index (χ0) is 12.3. The molecule has 0 bridgehead atoms. The van der Waals surface area contributed by atoms with E-state index in [1.54, 1.807) is 0 Å². The summed E-state index contributed by atoms with van der Waals surface area (Å²) in [6, 6.07) is 8.59. The number of nitrogens with two attached hydrogens (primary N) is 1. The van der Waals surface area contributed by atoms with Gasteiger partial charge in [0, 0.05) is 24.2 Å². The number of piperidine rings is 1. The average molecular weight is 289 g/mol. The predicted molar refractivity (Wildman–Crippen MR) is 80.4 cm³/mol. The van der Waals surface area contributed by atoms with Crippen LogP contribution >= 0.6 is 24.0 Å². The van der Waals surface area contributed by atoms with E-state index in [1.807, 2.05) is 18.2 Å². The summed E-state index contributed by atoms with van der Waals surface area (Å²) in [7, 11) is 0. The number of rotatable bonds is 3. The number of benzene rings is 1. The molecule has 0 aliphatic carbocycles. The van der Waals surface area contributed by atoms with E-state index in [0.29, 0.717) is 12.0 Å². The Labute approximate surface area is 121 Å². The molecule has 2 N–H and O–H groups in total. The van der Waals surface area contributed by atoms with Gasteiger partial charge in [-0.2, -0.15) is 0 Å². The molecule has 2 rings (SSSR count). The summed E-state index contributed by atoms with van der Waals surface area (Å²) in [6.45, 7) is 5.10. The van der Waals surface area contributed by atoms with Crippen molar-refractivity contribution in [1.29, 1.82) is 0 Å². The van der Waals surface area contributed by atoms with Crippen LogP contribution in [0.5, 0.6) is 0 Å². The van der Waals surface area contributed by atoms with Crippen molar-refractivity contribution >= 4 is 24.0 Å². The van der Waals surface area contributed by atoms with Gasteiger partial charge in [0.25, 0.3) is 0 Å². The minimum absolute atomic E-state index is 0. The molecule has 18 heavy (non-hydrogen) atoms. The van der Waals surface area contributed by atoms with Crippen LogP contribution in [-0.4, -0.2) is 24.0 Å². The Bertz CT molecular complexity index is 371. The molecule has 1 aromatic rings. The molecule has 102 valence electrons. The molecular weight excluding hydrogens is 267 g/mol. The highest BCUT2D eigenvalue weighted by Crippen LogP contribution is 2.26. The summed E-state index contributed by atoms with van der Waals surface area (Å²) in [5.41, 5.74) is 7.11. The molecule has 4 heteroatoms. The molecule has 0 aromatic heterocycles. The van der Waals surface area contributed by atoms with Gasteiger partial charge in [-0.25, -0.2) is 0 Å². The third-order valence-electron chi connectivity index (χ3n) is 3.80. The van der Waals surface area contributed by atoms with Gasteiger partial charge >= 0.3 is 0 Å². The lowest BCUT2D eigenvalue weighted by atomic mass is 9.90. The average Bonchev–Trinajstić information content (AvgIpc) is 2.32. The predicted octanol–water partition coefficient (Wildman–Crippen LogP) is 3.32. The van der Waals surface area contributed by atoms with Crippen molar-refractivity contribution in [3.8, 4) is 0 Å². The summed E-state index contributed by atoms with van der Waals surface area (Å²) >= 11 is 6.21. The number of hydrogen-bond acceptors (Lipinski definition) is 2. The van der Waals surface area contributed by atoms with Crippen LogP contribution in [0.2, 0.25) is 5.02 Å². The fraction of sp³-hybridized carbons (Fsp3) is 0.571. The molecule has 1 aromatic carbocycles. The monoisotopic (exact) mass is 288 g/mol. The van der Waals surface area contributed by atoms with Crippen molar-refractivity contribution in [1.82, 2.24) is 4.90 Å². The van der Waals surface area contributed by atoms with Gasteiger partial charge in [-0.15, -0.1) is 12.4 Å². The molecule has 0 saturated carbocycles. The Balaban J connectivity index is 0.00000162. The molecule has 1 aliphatic rings. The molecular formula is C14H22Cl2N2. The molecule has 2 atom stereocenters. The lowest BCUT2D eigenvalue weighted by molar-refractivity contribution is 0.0991. The molecule has 1 aliphatic heterocycles. The van der Waals surface area contributed by atoms with Gasteiger partial charge < -0.3 is 5.73 Å². The van der Waals surface area contributed by atoms with Crippen molar-refractivity contribution in [2.45, 2.75) is 32.4 Å². The van der Waals surface area contributed by atoms with Crippen molar-refractivity contribution in [2.75, 3.05) is 13.1 Å². The van der Waals surface area contributed by atoms with Crippen LogP contribution in [0.1, 0.15) is 25.3 Å². The van der Waals surface area contributed by atoms with Gasteiger partial charge in [-0.1, -0.05) is 36.7 Å². The van der Waals surface area contributed by atoms with Crippen molar-refractivity contribution < 1.29 is 0 Å². The first-order chi connectivity index (χ1) is 8.22. The molecule has 1 heterocycles. The van der Waals surface area contributed by atoms with Crippen LogP contribution in [0.3, 0.4) is 0 Å². The van der Waals surface area contributed by atoms with E-state index in [1.165, 1.54) is 18.4 Å². The Morgan fingerprint density at radius 1 is 1.39 bits per heavy atom. The topological polar surface area (TPSA) is 29.3 Å². The van der Waals surface area contributed by atoms with E-state index in [4.69, 9.17) is 17.3 Å². The first-order valence-electron chi connectivity index (χ1n) is 6.40. The lowest BCUT2D eigenvalue weighted by Crippen LogP contribution is -2.48. The highest BCUT2D eigenvalue weighted by molar-refractivity contribution is 6.31. The first-order valence-corrected chi connectivity index (χ1v) is 6.77. The van der Waals surface area contributed by atoms with Crippen LogP contribution in [0.4, 0.5) is 0 Å². The first kappa shape index (κ1) is 15.8. The molecule has 2 nitrogen and oxygen atoms in total. The van der Waals surface area contributed by atoms with Gasteiger partial charge in [-0.3, -0.25) is 4.90 Å². The third kappa shape index (κ3) is 3.61. The van der Waals surface area contributed by atoms with E-state index in [9.17, 15) is 0 Å². The number of halogens is 2. The standard InChI is InChI=1S/C14H21ClN2.ClH/c1-11-5-4-8-17(14(11)9-16)10-12-6-2-3-7-13(12)15;/h2-3,6-7,11,14H,4-5,8-10,16H2,1H3;1H. The normalized spacial score (nSPS) is 24.6. The highest BCUT2D eigenvalue weighted by atomic mass is 35.5. The second-order valence-electron chi connectivity index (χ2n) is 4.98. The van der Waals surface area contributed by atoms with E-state index in [2.05, 4.69) is 17.9 Å². The summed E-state index contributed by atoms with van der Waals surface area (Å²) < 4.78 is 0. The van der Waals surface area contributed by atoms with E-state index >= 15 is 0 Å². The molecule has 2 unspecified atom stereocenters. The number of hydrogen-bond donors (Lipinski definition) is 1. The van der Waals surface area contributed by atoms with Gasteiger partial charge in [-0.05, 0) is 36.9 Å². The fourth-order valence-corrected chi connectivity index (χ4v) is 2.95. The minimum atomic E-state index is 0. The fourth-order valence-electron chi connectivity index (χ4n) is 2.76. The summed E-state index contributed by atoms with van der Waals surface area (Å²) in [6.07, 6.45) is 2.56. The Hall–Kier alpha value is -0.280. The maximum absolute atomic E-state index is 6.21. The van der Waals surface area contributed by atoms with Crippen molar-refractivity contribution in [3.63, 3.8) is 0 Å². The minimum Gasteiger partial charge on any atom is -0.329 e. The highest BCUT2D eigenvalue weighted by Gasteiger charge is 2.27. The smallest absolute Gasteiger partial charge is 0.0451 e. The second kappa shape index (κ2) is 7.34. The maximum Gasteiger partial charge on any atom is 0.0451 e. The summed E-state index contributed by atoms with van der Waals surface area (Å²) in [4.78, 5) is 2.48. The van der Waals surface area contributed by atoms with Crippen LogP contribution in [0, 0.1) is 5.92 Å². The zero-order valence-corrected chi connectivity index (χ0v) is 12.4. The molecule has 0 radical (unpaired) electrons. The summed E-state index contributed by atoms with van der Waals surface area (Å²) in [5.74, 6) is 0.691. The Kier molecular flexibility index (Phi) is 6.44. The van der Waals surface area contributed by atoms with E-state index in [0.717, 1.165) is 24.7 Å². The maximum atomic E-state index is 6.21. The molecule has 0 spiro atoms. The van der Waals surface area contributed by atoms with Gasteiger partial charge in [0.1, 0.15) is 0 Å². The Morgan fingerprint density at radius 3 is 2.78 bits per heavy atom. The van der Waals surface area contributed by atoms with Crippen LogP contribution in [0.25, 0.3) is 0 Å². The van der Waals surface area contributed by atoms with Crippen LogP contribution in [0.15, 0.2) is 24.3 Å². The molecule has 1 fully saturated rings. The van der Waals surface area contributed by atoms with Gasteiger partial charge in [0.15, 0.2) is 0 Å². The van der Waals surface area contributed by atoms with Crippen LogP contribution in [-0.2, 0) is 6.54 Å². The second-order valence-corrected chi connectivity index (χ2v) is 5.39. The Morgan fingerprint density at radius 2 is 2.11 bits per heavy atom. The molecule has 1 saturated heterocycles. The molecule has 0 amide bonds. The van der Waals surface area contributed by atoms with Gasteiger partial charge in [0.05, 0.1) is 0 Å². The van der Waals surface area contributed by atoms with Crippen molar-refractivity contribution in [3.05, 3.63) is 34.9 Å². The SMILES string of the molecule is CC1CCCN(Cc2ccccc2Cl)C1CN.Cl. The number of nitrogens with zero attached hydrogens (tertiary/aromatic N) is 1. The summed E-state index contributed by atoms with van der Waals surface area (Å²) in [5, 5.41) is 0.862. The van der Waals surface area contributed by atoms with E-state index in [-0.39, 0.29) is 12.4 Å².